The van der Waals surface area contributed by atoms with Crippen LogP contribution >= 0.6 is 34.8 Å². The van der Waals surface area contributed by atoms with Crippen LogP contribution in [0.4, 0.5) is 0 Å². The standard InChI is InChI=1S/C18H11Cl3/c19-13-5-3-4-12(10-13)15-9-8-14(20)11-17(15)16-6-1-2-7-18(16)21/h1-11H. The minimum atomic E-state index is 0.677. The van der Waals surface area contributed by atoms with E-state index >= 15 is 0 Å². The number of rotatable bonds is 2. The maximum Gasteiger partial charge on any atom is 0.0484 e. The second-order valence-electron chi connectivity index (χ2n) is 4.68. The SMILES string of the molecule is Clc1cccc(-c2ccc(Cl)cc2-c2ccccc2Cl)c1. The van der Waals surface area contributed by atoms with Crippen LogP contribution in [0.25, 0.3) is 22.3 Å². The van der Waals surface area contributed by atoms with Gasteiger partial charge in [0, 0.05) is 20.6 Å². The van der Waals surface area contributed by atoms with Crippen LogP contribution in [0, 0.1) is 0 Å². The highest BCUT2D eigenvalue weighted by Crippen LogP contribution is 2.38. The van der Waals surface area contributed by atoms with Crippen LogP contribution in [0.5, 0.6) is 0 Å². The van der Waals surface area contributed by atoms with Crippen molar-refractivity contribution in [1.29, 1.82) is 0 Å². The minimum absolute atomic E-state index is 0.677. The molecule has 0 spiro atoms. The first-order valence-corrected chi connectivity index (χ1v) is 7.59. The highest BCUT2D eigenvalue weighted by atomic mass is 35.5. The Kier molecular flexibility index (Phi) is 4.21. The highest BCUT2D eigenvalue weighted by molar-refractivity contribution is 6.34. The Hall–Kier alpha value is -1.47. The molecule has 21 heavy (non-hydrogen) atoms. The summed E-state index contributed by atoms with van der Waals surface area (Å²) in [6, 6.07) is 21.3. The molecular weight excluding hydrogens is 323 g/mol. The molecule has 0 heterocycles. The lowest BCUT2D eigenvalue weighted by atomic mass is 9.94. The quantitative estimate of drug-likeness (QED) is 0.474. The lowest BCUT2D eigenvalue weighted by molar-refractivity contribution is 1.58. The molecule has 0 aliphatic carbocycles. The summed E-state index contributed by atoms with van der Waals surface area (Å²) in [5.74, 6) is 0. The molecule has 3 aromatic carbocycles. The van der Waals surface area contributed by atoms with Crippen molar-refractivity contribution >= 4 is 34.8 Å². The smallest absolute Gasteiger partial charge is 0.0484 e. The van der Waals surface area contributed by atoms with Crippen molar-refractivity contribution in [1.82, 2.24) is 0 Å². The maximum atomic E-state index is 6.33. The third-order valence-electron chi connectivity index (χ3n) is 3.28. The molecule has 0 nitrogen and oxygen atoms in total. The molecule has 0 aliphatic heterocycles. The topological polar surface area (TPSA) is 0 Å². The molecule has 0 saturated carbocycles. The molecular formula is C18H11Cl3. The Morgan fingerprint density at radius 3 is 2.05 bits per heavy atom. The first-order valence-electron chi connectivity index (χ1n) is 6.45. The second kappa shape index (κ2) is 6.11. The van der Waals surface area contributed by atoms with E-state index in [1.165, 1.54) is 0 Å². The number of hydrogen-bond acceptors (Lipinski definition) is 0. The Bertz CT molecular complexity index is 794. The molecule has 104 valence electrons. The summed E-state index contributed by atoms with van der Waals surface area (Å²) < 4.78 is 0. The fraction of sp³-hybridized carbons (Fsp3) is 0. The van der Waals surface area contributed by atoms with E-state index < -0.39 is 0 Å². The molecule has 3 aromatic rings. The predicted octanol–water partition coefficient (Wildman–Crippen LogP) is 6.98. The predicted molar refractivity (Wildman–Crippen MR) is 92.3 cm³/mol. The fourth-order valence-electron chi connectivity index (χ4n) is 2.33. The average Bonchev–Trinajstić information content (AvgIpc) is 2.47. The number of hydrogen-bond donors (Lipinski definition) is 0. The highest BCUT2D eigenvalue weighted by Gasteiger charge is 2.11. The molecule has 0 radical (unpaired) electrons. The Morgan fingerprint density at radius 2 is 1.29 bits per heavy atom. The molecule has 0 aliphatic rings. The Labute approximate surface area is 138 Å². The van der Waals surface area contributed by atoms with Crippen molar-refractivity contribution < 1.29 is 0 Å². The molecule has 0 atom stereocenters. The lowest BCUT2D eigenvalue weighted by Gasteiger charge is -2.12. The number of halogens is 3. The van der Waals surface area contributed by atoms with Crippen molar-refractivity contribution in [3.05, 3.63) is 81.8 Å². The van der Waals surface area contributed by atoms with E-state index in [1.54, 1.807) is 0 Å². The average molecular weight is 334 g/mol. The first-order chi connectivity index (χ1) is 10.1. The van der Waals surface area contributed by atoms with E-state index in [2.05, 4.69) is 0 Å². The second-order valence-corrected chi connectivity index (χ2v) is 5.96. The first kappa shape index (κ1) is 14.5. The summed E-state index contributed by atoms with van der Waals surface area (Å²) in [5.41, 5.74) is 4.04. The zero-order valence-electron chi connectivity index (χ0n) is 11.0. The molecule has 0 N–H and O–H groups in total. The van der Waals surface area contributed by atoms with Crippen molar-refractivity contribution in [3.63, 3.8) is 0 Å². The van der Waals surface area contributed by atoms with Crippen LogP contribution in [0.15, 0.2) is 66.7 Å². The van der Waals surface area contributed by atoms with E-state index in [0.717, 1.165) is 22.3 Å². The van der Waals surface area contributed by atoms with Gasteiger partial charge in [0.05, 0.1) is 0 Å². The monoisotopic (exact) mass is 332 g/mol. The van der Waals surface area contributed by atoms with Crippen LogP contribution in [-0.4, -0.2) is 0 Å². The van der Waals surface area contributed by atoms with Crippen LogP contribution in [-0.2, 0) is 0 Å². The van der Waals surface area contributed by atoms with Gasteiger partial charge < -0.3 is 0 Å². The van der Waals surface area contributed by atoms with Gasteiger partial charge in [-0.1, -0.05) is 71.2 Å². The zero-order valence-corrected chi connectivity index (χ0v) is 13.3. The van der Waals surface area contributed by atoms with Crippen molar-refractivity contribution in [2.24, 2.45) is 0 Å². The van der Waals surface area contributed by atoms with Crippen LogP contribution < -0.4 is 0 Å². The minimum Gasteiger partial charge on any atom is -0.0843 e. The van der Waals surface area contributed by atoms with Crippen molar-refractivity contribution in [2.75, 3.05) is 0 Å². The van der Waals surface area contributed by atoms with Crippen LogP contribution in [0.2, 0.25) is 15.1 Å². The van der Waals surface area contributed by atoms with Gasteiger partial charge in [-0.15, -0.1) is 0 Å². The van der Waals surface area contributed by atoms with E-state index in [4.69, 9.17) is 34.8 Å². The molecule has 0 saturated heterocycles. The van der Waals surface area contributed by atoms with E-state index in [9.17, 15) is 0 Å². The summed E-state index contributed by atoms with van der Waals surface area (Å²) in [6.07, 6.45) is 0. The normalized spacial score (nSPS) is 10.6. The van der Waals surface area contributed by atoms with E-state index in [1.807, 2.05) is 66.7 Å². The summed E-state index contributed by atoms with van der Waals surface area (Å²) in [7, 11) is 0. The molecule has 3 heteroatoms. The van der Waals surface area contributed by atoms with Gasteiger partial charge in [-0.2, -0.15) is 0 Å². The number of benzene rings is 3. The van der Waals surface area contributed by atoms with Gasteiger partial charge in [-0.3, -0.25) is 0 Å². The van der Waals surface area contributed by atoms with E-state index in [-0.39, 0.29) is 0 Å². The van der Waals surface area contributed by atoms with Gasteiger partial charge in [0.1, 0.15) is 0 Å². The Morgan fingerprint density at radius 1 is 0.524 bits per heavy atom. The Balaban J connectivity index is 2.25. The third-order valence-corrected chi connectivity index (χ3v) is 4.08. The summed E-state index contributed by atoms with van der Waals surface area (Å²) in [6.45, 7) is 0. The molecule has 0 bridgehead atoms. The molecule has 0 amide bonds. The van der Waals surface area contributed by atoms with Gasteiger partial charge in [0.15, 0.2) is 0 Å². The molecule has 0 fully saturated rings. The van der Waals surface area contributed by atoms with Gasteiger partial charge in [0.25, 0.3) is 0 Å². The third kappa shape index (κ3) is 3.08. The molecule has 0 aromatic heterocycles. The lowest BCUT2D eigenvalue weighted by Crippen LogP contribution is -1.86. The van der Waals surface area contributed by atoms with Crippen molar-refractivity contribution in [3.8, 4) is 22.3 Å². The van der Waals surface area contributed by atoms with Crippen molar-refractivity contribution in [2.45, 2.75) is 0 Å². The fourth-order valence-corrected chi connectivity index (χ4v) is 2.93. The van der Waals surface area contributed by atoms with Gasteiger partial charge in [0.2, 0.25) is 0 Å². The van der Waals surface area contributed by atoms with Gasteiger partial charge in [-0.25, -0.2) is 0 Å². The maximum absolute atomic E-state index is 6.33. The van der Waals surface area contributed by atoms with Crippen LogP contribution in [0.3, 0.4) is 0 Å². The van der Waals surface area contributed by atoms with Crippen LogP contribution in [0.1, 0.15) is 0 Å². The summed E-state index contributed by atoms with van der Waals surface area (Å²) in [5, 5.41) is 2.08. The van der Waals surface area contributed by atoms with E-state index in [0.29, 0.717) is 15.1 Å². The van der Waals surface area contributed by atoms with Gasteiger partial charge in [-0.05, 0) is 47.0 Å². The molecule has 3 rings (SSSR count). The van der Waals surface area contributed by atoms with Gasteiger partial charge >= 0.3 is 0 Å². The summed E-state index contributed by atoms with van der Waals surface area (Å²) >= 11 is 18.6. The largest absolute Gasteiger partial charge is 0.0843 e. The molecule has 0 unspecified atom stereocenters. The summed E-state index contributed by atoms with van der Waals surface area (Å²) in [4.78, 5) is 0. The zero-order chi connectivity index (χ0) is 14.8.